The maximum absolute atomic E-state index is 8.99. The van der Waals surface area contributed by atoms with Crippen LogP contribution in [0.4, 0.5) is 5.82 Å². The first-order valence-corrected chi connectivity index (χ1v) is 5.08. The normalized spacial score (nSPS) is 10.7. The van der Waals surface area contributed by atoms with Gasteiger partial charge in [-0.3, -0.25) is 0 Å². The molecule has 1 aromatic rings. The molecule has 84 valence electrons. The maximum Gasteiger partial charge on any atom is 0.156 e. The Kier molecular flexibility index (Phi) is 4.45. The molecule has 1 heterocycles. The van der Waals surface area contributed by atoms with Gasteiger partial charge >= 0.3 is 0 Å². The molecule has 0 amide bonds. The second kappa shape index (κ2) is 5.63. The molecular formula is C10H18N4O. The first kappa shape index (κ1) is 11.9. The minimum atomic E-state index is 0.0960. The van der Waals surface area contributed by atoms with Gasteiger partial charge in [0.25, 0.3) is 0 Å². The van der Waals surface area contributed by atoms with E-state index in [4.69, 9.17) is 10.8 Å². The molecule has 0 saturated heterocycles. The summed E-state index contributed by atoms with van der Waals surface area (Å²) >= 11 is 0. The van der Waals surface area contributed by atoms with E-state index in [1.807, 2.05) is 24.8 Å². The summed E-state index contributed by atoms with van der Waals surface area (Å²) in [7, 11) is 0. The van der Waals surface area contributed by atoms with Gasteiger partial charge in [0, 0.05) is 24.7 Å². The Morgan fingerprint density at radius 3 is 2.80 bits per heavy atom. The first-order valence-electron chi connectivity index (χ1n) is 5.08. The quantitative estimate of drug-likeness (QED) is 0.723. The topological polar surface area (TPSA) is 75.3 Å². The minimum Gasteiger partial charge on any atom is -0.395 e. The number of hydrogen-bond acceptors (Lipinski definition) is 5. The van der Waals surface area contributed by atoms with Crippen LogP contribution in [0.15, 0.2) is 12.3 Å². The zero-order chi connectivity index (χ0) is 11.3. The number of nitrogens with two attached hydrogens (primary N) is 1. The van der Waals surface area contributed by atoms with Crippen molar-refractivity contribution >= 4 is 5.82 Å². The molecule has 0 bridgehead atoms. The summed E-state index contributed by atoms with van der Waals surface area (Å²) in [6.45, 7) is 5.16. The van der Waals surface area contributed by atoms with E-state index in [-0.39, 0.29) is 12.6 Å². The number of aliphatic hydroxyl groups is 1. The van der Waals surface area contributed by atoms with Crippen LogP contribution in [0.25, 0.3) is 0 Å². The van der Waals surface area contributed by atoms with Crippen molar-refractivity contribution in [1.82, 2.24) is 10.2 Å². The number of aliphatic hydroxyl groups excluding tert-OH is 1. The summed E-state index contributed by atoms with van der Waals surface area (Å²) in [5.41, 5.74) is 6.58. The molecule has 5 nitrogen and oxygen atoms in total. The summed E-state index contributed by atoms with van der Waals surface area (Å²) in [6.07, 6.45) is 1.63. The van der Waals surface area contributed by atoms with Crippen LogP contribution < -0.4 is 10.6 Å². The first-order chi connectivity index (χ1) is 7.20. The van der Waals surface area contributed by atoms with Gasteiger partial charge in [-0.05, 0) is 19.9 Å². The Morgan fingerprint density at radius 2 is 2.27 bits per heavy atom. The fraction of sp³-hybridized carbons (Fsp3) is 0.600. The number of anilines is 1. The average molecular weight is 210 g/mol. The second-order valence-electron chi connectivity index (χ2n) is 3.59. The van der Waals surface area contributed by atoms with E-state index in [0.29, 0.717) is 13.1 Å². The number of hydrogen-bond donors (Lipinski definition) is 2. The third kappa shape index (κ3) is 2.87. The number of rotatable bonds is 5. The summed E-state index contributed by atoms with van der Waals surface area (Å²) in [4.78, 5) is 2.00. The van der Waals surface area contributed by atoms with Crippen LogP contribution in [-0.2, 0) is 6.54 Å². The van der Waals surface area contributed by atoms with Gasteiger partial charge in [0.15, 0.2) is 5.82 Å². The van der Waals surface area contributed by atoms with Crippen molar-refractivity contribution in [3.63, 3.8) is 0 Å². The highest BCUT2D eigenvalue weighted by molar-refractivity contribution is 5.46. The third-order valence-corrected chi connectivity index (χ3v) is 2.24. The fourth-order valence-electron chi connectivity index (χ4n) is 1.47. The molecule has 0 aromatic carbocycles. The van der Waals surface area contributed by atoms with Crippen LogP contribution in [0.5, 0.6) is 0 Å². The van der Waals surface area contributed by atoms with Crippen molar-refractivity contribution in [2.24, 2.45) is 5.73 Å². The van der Waals surface area contributed by atoms with Crippen molar-refractivity contribution in [3.05, 3.63) is 17.8 Å². The van der Waals surface area contributed by atoms with Gasteiger partial charge < -0.3 is 15.7 Å². The predicted octanol–water partition coefficient (Wildman–Crippen LogP) is 0.142. The summed E-state index contributed by atoms with van der Waals surface area (Å²) in [5, 5.41) is 16.9. The Balaban J connectivity index is 2.98. The van der Waals surface area contributed by atoms with E-state index in [0.717, 1.165) is 11.4 Å². The van der Waals surface area contributed by atoms with Crippen molar-refractivity contribution in [2.75, 3.05) is 18.1 Å². The van der Waals surface area contributed by atoms with E-state index < -0.39 is 0 Å². The molecule has 0 aliphatic heterocycles. The van der Waals surface area contributed by atoms with E-state index in [1.165, 1.54) is 0 Å². The van der Waals surface area contributed by atoms with Gasteiger partial charge in [-0.1, -0.05) is 0 Å². The Labute approximate surface area is 89.9 Å². The zero-order valence-corrected chi connectivity index (χ0v) is 9.22. The van der Waals surface area contributed by atoms with Gasteiger partial charge in [0.2, 0.25) is 0 Å². The molecule has 1 rings (SSSR count). The molecule has 0 saturated carbocycles. The highest BCUT2D eigenvalue weighted by Crippen LogP contribution is 2.17. The van der Waals surface area contributed by atoms with Gasteiger partial charge in [0.05, 0.1) is 12.8 Å². The standard InChI is InChI=1S/C10H18N4O/c1-8(2)14(5-6-15)10-9(7-11)3-4-12-13-10/h3-4,8,15H,5-7,11H2,1-2H3. The van der Waals surface area contributed by atoms with E-state index >= 15 is 0 Å². The van der Waals surface area contributed by atoms with Crippen molar-refractivity contribution in [1.29, 1.82) is 0 Å². The third-order valence-electron chi connectivity index (χ3n) is 2.24. The highest BCUT2D eigenvalue weighted by atomic mass is 16.3. The van der Waals surface area contributed by atoms with Crippen LogP contribution in [0.1, 0.15) is 19.4 Å². The number of nitrogens with zero attached hydrogens (tertiary/aromatic N) is 3. The lowest BCUT2D eigenvalue weighted by atomic mass is 10.2. The van der Waals surface area contributed by atoms with Crippen LogP contribution in [0, 0.1) is 0 Å². The molecule has 0 unspecified atom stereocenters. The van der Waals surface area contributed by atoms with Crippen LogP contribution >= 0.6 is 0 Å². The lowest BCUT2D eigenvalue weighted by molar-refractivity contribution is 0.298. The van der Waals surface area contributed by atoms with Crippen LogP contribution in [-0.4, -0.2) is 34.5 Å². The van der Waals surface area contributed by atoms with Crippen molar-refractivity contribution in [2.45, 2.75) is 26.4 Å². The molecule has 3 N–H and O–H groups in total. The average Bonchev–Trinajstić information content (AvgIpc) is 2.25. The molecule has 0 radical (unpaired) electrons. The largest absolute Gasteiger partial charge is 0.395 e. The Morgan fingerprint density at radius 1 is 1.53 bits per heavy atom. The van der Waals surface area contributed by atoms with Gasteiger partial charge in [-0.15, -0.1) is 5.10 Å². The minimum absolute atomic E-state index is 0.0960. The Hall–Kier alpha value is -1.20. The van der Waals surface area contributed by atoms with Gasteiger partial charge in [-0.25, -0.2) is 0 Å². The monoisotopic (exact) mass is 210 g/mol. The van der Waals surface area contributed by atoms with Gasteiger partial charge in [0.1, 0.15) is 0 Å². The predicted molar refractivity (Wildman–Crippen MR) is 59.5 cm³/mol. The maximum atomic E-state index is 8.99. The summed E-state index contributed by atoms with van der Waals surface area (Å²) < 4.78 is 0. The molecule has 0 atom stereocenters. The lowest BCUT2D eigenvalue weighted by Crippen LogP contribution is -2.35. The summed E-state index contributed by atoms with van der Waals surface area (Å²) in [6, 6.07) is 2.12. The molecule has 0 spiro atoms. The van der Waals surface area contributed by atoms with E-state index in [2.05, 4.69) is 10.2 Å². The SMILES string of the molecule is CC(C)N(CCO)c1nnccc1CN. The zero-order valence-electron chi connectivity index (χ0n) is 9.22. The van der Waals surface area contributed by atoms with Crippen molar-refractivity contribution < 1.29 is 5.11 Å². The highest BCUT2D eigenvalue weighted by Gasteiger charge is 2.14. The second-order valence-corrected chi connectivity index (χ2v) is 3.59. The van der Waals surface area contributed by atoms with E-state index in [1.54, 1.807) is 6.20 Å². The molecule has 5 heteroatoms. The summed E-state index contributed by atoms with van der Waals surface area (Å²) in [5.74, 6) is 0.768. The number of aromatic nitrogens is 2. The van der Waals surface area contributed by atoms with Crippen molar-refractivity contribution in [3.8, 4) is 0 Å². The molecule has 1 aromatic heterocycles. The molecule has 0 aliphatic carbocycles. The fourth-order valence-corrected chi connectivity index (χ4v) is 1.47. The van der Waals surface area contributed by atoms with E-state index in [9.17, 15) is 0 Å². The van der Waals surface area contributed by atoms with Gasteiger partial charge in [-0.2, -0.15) is 5.10 Å². The molecular weight excluding hydrogens is 192 g/mol. The molecule has 0 fully saturated rings. The molecule has 15 heavy (non-hydrogen) atoms. The molecule has 0 aliphatic rings. The van der Waals surface area contributed by atoms with Crippen LogP contribution in [0.2, 0.25) is 0 Å². The smallest absolute Gasteiger partial charge is 0.156 e. The van der Waals surface area contributed by atoms with Crippen LogP contribution in [0.3, 0.4) is 0 Å². The lowest BCUT2D eigenvalue weighted by Gasteiger charge is -2.28. The Bertz CT molecular complexity index is 303.